The Morgan fingerprint density at radius 2 is 2.23 bits per heavy atom. The second-order valence-electron chi connectivity index (χ2n) is 7.69. The van der Waals surface area contributed by atoms with Gasteiger partial charge >= 0.3 is 7.12 Å². The van der Waals surface area contributed by atoms with Gasteiger partial charge in [0.1, 0.15) is 0 Å². The summed E-state index contributed by atoms with van der Waals surface area (Å²) in [6.45, 7) is 6.12. The minimum absolute atomic E-state index is 0.122. The summed E-state index contributed by atoms with van der Waals surface area (Å²) in [5.74, 6) is 0.561. The van der Waals surface area contributed by atoms with Gasteiger partial charge in [0.25, 0.3) is 0 Å². The number of hydrogen-bond acceptors (Lipinski definition) is 5. The first-order valence-corrected chi connectivity index (χ1v) is 8.95. The molecule has 3 saturated carbocycles. The Bertz CT molecular complexity index is 524. The summed E-state index contributed by atoms with van der Waals surface area (Å²) < 4.78 is 6.07. The minimum Gasteiger partial charge on any atom is -0.427 e. The molecule has 0 amide bonds. The highest BCUT2D eigenvalue weighted by Gasteiger charge is 2.71. The smallest absolute Gasteiger partial charge is 0.427 e. The highest BCUT2D eigenvalue weighted by molar-refractivity contribution is 7.10. The van der Waals surface area contributed by atoms with Crippen molar-refractivity contribution < 1.29 is 14.8 Å². The predicted octanol–water partition coefficient (Wildman–Crippen LogP) is 2.57. The van der Waals surface area contributed by atoms with E-state index in [0.29, 0.717) is 12.2 Å². The van der Waals surface area contributed by atoms with E-state index < -0.39 is 18.3 Å². The third kappa shape index (κ3) is 2.28. The van der Waals surface area contributed by atoms with Crippen LogP contribution >= 0.6 is 11.3 Å². The molecule has 4 nitrogen and oxygen atoms in total. The van der Waals surface area contributed by atoms with Crippen LogP contribution in [0.4, 0.5) is 0 Å². The molecule has 6 heteroatoms. The van der Waals surface area contributed by atoms with E-state index in [4.69, 9.17) is 10.4 Å². The maximum absolute atomic E-state index is 10.9. The third-order valence-corrected chi connectivity index (χ3v) is 7.15. The summed E-state index contributed by atoms with van der Waals surface area (Å²) in [7, 11) is -0.957. The molecule has 0 saturated heterocycles. The molecule has 4 N–H and O–H groups in total. The van der Waals surface area contributed by atoms with E-state index in [9.17, 15) is 10.1 Å². The zero-order valence-corrected chi connectivity index (χ0v) is 14.4. The van der Waals surface area contributed by atoms with Crippen molar-refractivity contribution in [3.63, 3.8) is 0 Å². The molecule has 3 fully saturated rings. The summed E-state index contributed by atoms with van der Waals surface area (Å²) in [5, 5.41) is 23.3. The first-order chi connectivity index (χ1) is 10.2. The Kier molecular flexibility index (Phi) is 3.98. The molecule has 0 spiro atoms. The maximum Gasteiger partial charge on any atom is 0.456 e. The van der Waals surface area contributed by atoms with Gasteiger partial charge in [0.15, 0.2) is 0 Å². The average molecular weight is 323 g/mol. The molecule has 3 aliphatic rings. The third-order valence-electron chi connectivity index (χ3n) is 6.15. The van der Waals surface area contributed by atoms with E-state index in [1.54, 1.807) is 11.3 Å². The van der Waals surface area contributed by atoms with Gasteiger partial charge in [-0.05, 0) is 49.0 Å². The summed E-state index contributed by atoms with van der Waals surface area (Å²) in [5.41, 5.74) is 4.45. The average Bonchev–Trinajstić information content (AvgIpc) is 2.94. The van der Waals surface area contributed by atoms with Crippen molar-refractivity contribution in [3.8, 4) is 0 Å². The molecule has 1 aromatic heterocycles. The van der Waals surface area contributed by atoms with Crippen molar-refractivity contribution in [1.29, 1.82) is 0 Å². The summed E-state index contributed by atoms with van der Waals surface area (Å²) >= 11 is 1.59. The van der Waals surface area contributed by atoms with Crippen LogP contribution in [-0.2, 0) is 4.65 Å². The minimum atomic E-state index is -0.957. The number of fused-ring (bicyclic) bond motifs is 2. The molecule has 1 heterocycles. The van der Waals surface area contributed by atoms with Crippen LogP contribution < -0.4 is 5.73 Å². The predicted molar refractivity (Wildman–Crippen MR) is 89.6 cm³/mol. The molecule has 4 atom stereocenters. The van der Waals surface area contributed by atoms with Crippen LogP contribution in [0.1, 0.15) is 51.0 Å². The summed E-state index contributed by atoms with van der Waals surface area (Å²) in [6, 6.07) is 3.69. The lowest BCUT2D eigenvalue weighted by molar-refractivity contribution is -0.304. The number of rotatable bonds is 5. The first kappa shape index (κ1) is 16.5. The van der Waals surface area contributed by atoms with E-state index in [0.717, 1.165) is 24.1 Å². The standard InChI is InChI=1S/C16H26BNO3S/c1-14(2)11-6-7-15(3,19)16(14,9-11)21-17(20)10-12(18)13-5-4-8-22-13/h4-5,8,11-12,19-20H,6-7,9-10,18H2,1-3H3. The van der Waals surface area contributed by atoms with Gasteiger partial charge in [0.2, 0.25) is 0 Å². The fourth-order valence-electron chi connectivity index (χ4n) is 4.54. The molecule has 3 aliphatic carbocycles. The van der Waals surface area contributed by atoms with Crippen LogP contribution in [0.5, 0.6) is 0 Å². The van der Waals surface area contributed by atoms with E-state index in [1.807, 2.05) is 24.4 Å². The number of hydrogen-bond donors (Lipinski definition) is 3. The second-order valence-corrected chi connectivity index (χ2v) is 8.67. The van der Waals surface area contributed by atoms with Crippen LogP contribution in [0, 0.1) is 11.3 Å². The Labute approximate surface area is 136 Å². The van der Waals surface area contributed by atoms with Crippen LogP contribution in [0.3, 0.4) is 0 Å². The van der Waals surface area contributed by atoms with Gasteiger partial charge in [0.05, 0.1) is 11.2 Å². The van der Waals surface area contributed by atoms with E-state index in [1.165, 1.54) is 0 Å². The van der Waals surface area contributed by atoms with Crippen molar-refractivity contribution in [2.45, 2.75) is 63.6 Å². The van der Waals surface area contributed by atoms with Crippen LogP contribution in [-0.4, -0.2) is 28.5 Å². The van der Waals surface area contributed by atoms with Gasteiger partial charge < -0.3 is 20.5 Å². The molecule has 4 rings (SSSR count). The van der Waals surface area contributed by atoms with E-state index in [-0.39, 0.29) is 11.5 Å². The normalized spacial score (nSPS) is 37.5. The summed E-state index contributed by atoms with van der Waals surface area (Å²) in [6.07, 6.45) is 2.91. The highest BCUT2D eigenvalue weighted by Crippen LogP contribution is 2.67. The molecular weight excluding hydrogens is 297 g/mol. The second kappa shape index (κ2) is 5.31. The number of aliphatic hydroxyl groups is 1. The molecule has 122 valence electrons. The fraction of sp³-hybridized carbons (Fsp3) is 0.750. The topological polar surface area (TPSA) is 75.7 Å². The SMILES string of the molecule is CC1(O)CCC2CC1(OB(O)CC(N)c1cccs1)C2(C)C. The van der Waals surface area contributed by atoms with Gasteiger partial charge in [-0.3, -0.25) is 0 Å². The molecule has 22 heavy (non-hydrogen) atoms. The van der Waals surface area contributed by atoms with Crippen LogP contribution in [0.15, 0.2) is 17.5 Å². The van der Waals surface area contributed by atoms with Crippen molar-refractivity contribution >= 4 is 18.5 Å². The lowest BCUT2D eigenvalue weighted by Crippen LogP contribution is -2.76. The quantitative estimate of drug-likeness (QED) is 0.728. The van der Waals surface area contributed by atoms with Crippen molar-refractivity contribution in [2.75, 3.05) is 0 Å². The fourth-order valence-corrected chi connectivity index (χ4v) is 5.28. The molecule has 0 radical (unpaired) electrons. The molecule has 0 aliphatic heterocycles. The van der Waals surface area contributed by atoms with Crippen molar-refractivity contribution in [2.24, 2.45) is 17.1 Å². The molecule has 1 aromatic rings. The monoisotopic (exact) mass is 323 g/mol. The molecular formula is C16H26BNO3S. The zero-order chi connectivity index (χ0) is 16.2. The molecule has 4 unspecified atom stereocenters. The van der Waals surface area contributed by atoms with Crippen LogP contribution in [0.25, 0.3) is 0 Å². The van der Waals surface area contributed by atoms with Gasteiger partial charge in [-0.25, -0.2) is 0 Å². The van der Waals surface area contributed by atoms with Gasteiger partial charge in [0, 0.05) is 17.2 Å². The first-order valence-electron chi connectivity index (χ1n) is 8.07. The number of nitrogens with two attached hydrogens (primary N) is 1. The Hall–Kier alpha value is -0.395. The lowest BCUT2D eigenvalue weighted by atomic mass is 9.40. The van der Waals surface area contributed by atoms with Gasteiger partial charge in [-0.2, -0.15) is 0 Å². The molecule has 0 aromatic carbocycles. The van der Waals surface area contributed by atoms with Crippen molar-refractivity contribution in [1.82, 2.24) is 0 Å². The van der Waals surface area contributed by atoms with Gasteiger partial charge in [-0.1, -0.05) is 19.9 Å². The van der Waals surface area contributed by atoms with Crippen LogP contribution in [0.2, 0.25) is 6.32 Å². The van der Waals surface area contributed by atoms with E-state index >= 15 is 0 Å². The summed E-state index contributed by atoms with van der Waals surface area (Å²) in [4.78, 5) is 1.04. The Morgan fingerprint density at radius 1 is 1.50 bits per heavy atom. The molecule has 2 bridgehead atoms. The highest BCUT2D eigenvalue weighted by atomic mass is 32.1. The number of thiophene rings is 1. The lowest BCUT2D eigenvalue weighted by Gasteiger charge is -2.71. The largest absolute Gasteiger partial charge is 0.456 e. The van der Waals surface area contributed by atoms with Crippen molar-refractivity contribution in [3.05, 3.63) is 22.4 Å². The maximum atomic E-state index is 10.9. The Balaban J connectivity index is 1.71. The van der Waals surface area contributed by atoms with E-state index in [2.05, 4.69) is 13.8 Å². The Morgan fingerprint density at radius 3 is 2.77 bits per heavy atom. The van der Waals surface area contributed by atoms with Gasteiger partial charge in [-0.15, -0.1) is 11.3 Å². The zero-order valence-electron chi connectivity index (χ0n) is 13.6.